The first-order valence-electron chi connectivity index (χ1n) is 10.8. The Morgan fingerprint density at radius 2 is 1.12 bits per heavy atom. The van der Waals surface area contributed by atoms with Gasteiger partial charge in [-0.3, -0.25) is 9.11 Å². The summed E-state index contributed by atoms with van der Waals surface area (Å²) in [5.74, 6) is -6.30. The molecule has 0 amide bonds. The summed E-state index contributed by atoms with van der Waals surface area (Å²) in [6, 6.07) is 3.58. The quantitative estimate of drug-likeness (QED) is 0.133. The lowest BCUT2D eigenvalue weighted by atomic mass is 10.1. The van der Waals surface area contributed by atoms with Gasteiger partial charge in [0.1, 0.15) is 36.8 Å². The molecule has 0 aliphatic carbocycles. The van der Waals surface area contributed by atoms with Crippen LogP contribution in [0.5, 0.6) is 34.5 Å². The fourth-order valence-corrected chi connectivity index (χ4v) is 6.96. The number of rotatable bonds is 10. The van der Waals surface area contributed by atoms with Crippen LogP contribution in [-0.2, 0) is 46.9 Å². The molecule has 224 valence electrons. The van der Waals surface area contributed by atoms with Crippen LogP contribution < -0.4 is 8.37 Å². The highest BCUT2D eigenvalue weighted by molar-refractivity contribution is 7.88. The summed E-state index contributed by atoms with van der Waals surface area (Å²) in [5.41, 5.74) is -0.139. The van der Waals surface area contributed by atoms with Gasteiger partial charge in [0.2, 0.25) is 0 Å². The monoisotopic (exact) mass is 656 g/mol. The van der Waals surface area contributed by atoms with E-state index in [2.05, 4.69) is 0 Å². The number of phenolic OH excluding ortho intramolecular Hbond substituents is 4. The molecule has 16 nitrogen and oxygen atoms in total. The van der Waals surface area contributed by atoms with E-state index in [1.54, 1.807) is 6.92 Å². The van der Waals surface area contributed by atoms with Crippen LogP contribution in [0.15, 0.2) is 62.0 Å². The standard InChI is InChI=1S/C21H20O16S4/c1-2-3-11-6-16(13(23)9-19(11)38(26,27)28)36-40(32,33)18-5-4-12(22)7-17(18)37-41(34,35)21-10-20(39(29,30)31)14(24)8-15(21)25/h4-10,22-25H,2-3H2,1H3,(H,26,27,28)(H,29,30,31). The van der Waals surface area contributed by atoms with Crippen LogP contribution in [-0.4, -0.2) is 63.2 Å². The highest BCUT2D eigenvalue weighted by atomic mass is 32.2. The van der Waals surface area contributed by atoms with Crippen LogP contribution in [0.1, 0.15) is 18.9 Å². The van der Waals surface area contributed by atoms with E-state index < -0.39 is 94.6 Å². The SMILES string of the molecule is CCCc1cc(OS(=O)(=O)c2ccc(O)cc2OS(=O)(=O)c2cc(S(=O)(=O)O)c(O)cc2O)c(O)cc1S(=O)(=O)O. The highest BCUT2D eigenvalue weighted by Crippen LogP contribution is 2.39. The van der Waals surface area contributed by atoms with Crippen molar-refractivity contribution in [2.24, 2.45) is 0 Å². The first-order valence-corrected chi connectivity index (χ1v) is 16.5. The summed E-state index contributed by atoms with van der Waals surface area (Å²) in [6.07, 6.45) is 0.302. The lowest BCUT2D eigenvalue weighted by Gasteiger charge is -2.15. The minimum absolute atomic E-state index is 0.0146. The molecule has 6 N–H and O–H groups in total. The van der Waals surface area contributed by atoms with Gasteiger partial charge in [0.05, 0.1) is 0 Å². The van der Waals surface area contributed by atoms with Gasteiger partial charge in [0, 0.05) is 18.2 Å². The first kappa shape index (κ1) is 31.7. The molecule has 41 heavy (non-hydrogen) atoms. The smallest absolute Gasteiger partial charge is 0.343 e. The average Bonchev–Trinajstić information content (AvgIpc) is 2.78. The van der Waals surface area contributed by atoms with Crippen molar-refractivity contribution in [3.05, 3.63) is 48.0 Å². The third kappa shape index (κ3) is 6.92. The van der Waals surface area contributed by atoms with Gasteiger partial charge >= 0.3 is 20.2 Å². The minimum Gasteiger partial charge on any atom is -0.508 e. The van der Waals surface area contributed by atoms with Crippen molar-refractivity contribution in [2.75, 3.05) is 0 Å². The topological polar surface area (TPSA) is 276 Å². The first-order chi connectivity index (χ1) is 18.7. The lowest BCUT2D eigenvalue weighted by Crippen LogP contribution is -2.16. The van der Waals surface area contributed by atoms with Gasteiger partial charge in [-0.25, -0.2) is 0 Å². The Morgan fingerprint density at radius 1 is 0.585 bits per heavy atom. The number of phenols is 4. The molecule has 0 aliphatic rings. The van der Waals surface area contributed by atoms with Gasteiger partial charge in [-0.05, 0) is 36.2 Å². The summed E-state index contributed by atoms with van der Waals surface area (Å²) in [6.45, 7) is 1.63. The minimum atomic E-state index is -5.37. The average molecular weight is 657 g/mol. The van der Waals surface area contributed by atoms with E-state index >= 15 is 0 Å². The summed E-state index contributed by atoms with van der Waals surface area (Å²) < 4.78 is 126. The molecular formula is C21H20O16S4. The zero-order valence-electron chi connectivity index (χ0n) is 20.4. The van der Waals surface area contributed by atoms with E-state index in [4.69, 9.17) is 8.37 Å². The number of benzene rings is 3. The lowest BCUT2D eigenvalue weighted by molar-refractivity contribution is 0.416. The summed E-state index contributed by atoms with van der Waals surface area (Å²) in [4.78, 5) is -4.52. The van der Waals surface area contributed by atoms with Crippen LogP contribution in [0.4, 0.5) is 0 Å². The van der Waals surface area contributed by atoms with Crippen LogP contribution >= 0.6 is 0 Å². The van der Waals surface area contributed by atoms with Crippen molar-refractivity contribution in [2.45, 2.75) is 39.3 Å². The summed E-state index contributed by atoms with van der Waals surface area (Å²) in [7, 11) is -20.6. The normalized spacial score (nSPS) is 12.7. The van der Waals surface area contributed by atoms with Crippen LogP contribution in [0.2, 0.25) is 0 Å². The molecule has 0 radical (unpaired) electrons. The third-order valence-electron chi connectivity index (χ3n) is 5.12. The predicted molar refractivity (Wildman–Crippen MR) is 135 cm³/mol. The van der Waals surface area contributed by atoms with Gasteiger partial charge in [-0.2, -0.15) is 33.7 Å². The van der Waals surface area contributed by atoms with Gasteiger partial charge in [0.15, 0.2) is 17.2 Å². The maximum absolute atomic E-state index is 13.1. The second kappa shape index (κ2) is 10.9. The van der Waals surface area contributed by atoms with Crippen molar-refractivity contribution < 1.29 is 71.6 Å². The zero-order valence-corrected chi connectivity index (χ0v) is 23.6. The molecule has 3 aromatic carbocycles. The van der Waals surface area contributed by atoms with Crippen molar-refractivity contribution in [3.8, 4) is 34.5 Å². The van der Waals surface area contributed by atoms with Crippen LogP contribution in [0, 0.1) is 0 Å². The Labute approximate surface area is 233 Å². The Bertz CT molecular complexity index is 1960. The molecule has 0 bridgehead atoms. The van der Waals surface area contributed by atoms with E-state index in [0.717, 1.165) is 12.1 Å². The van der Waals surface area contributed by atoms with Crippen molar-refractivity contribution in [3.63, 3.8) is 0 Å². The van der Waals surface area contributed by atoms with Gasteiger partial charge in [0.25, 0.3) is 20.2 Å². The van der Waals surface area contributed by atoms with Crippen molar-refractivity contribution in [1.82, 2.24) is 0 Å². The molecule has 20 heteroatoms. The summed E-state index contributed by atoms with van der Waals surface area (Å²) >= 11 is 0. The van der Waals surface area contributed by atoms with Crippen LogP contribution in [0.3, 0.4) is 0 Å². The molecule has 0 saturated heterocycles. The molecule has 0 aromatic heterocycles. The molecule has 0 saturated carbocycles. The second-order valence-electron chi connectivity index (χ2n) is 8.12. The third-order valence-corrected chi connectivity index (χ3v) is 9.48. The Balaban J connectivity index is 2.13. The van der Waals surface area contributed by atoms with E-state index in [9.17, 15) is 63.2 Å². The molecule has 3 aromatic rings. The number of hydrogen-bond donors (Lipinski definition) is 6. The molecular weight excluding hydrogens is 636 g/mol. The fraction of sp³-hybridized carbons (Fsp3) is 0.143. The molecule has 3 rings (SSSR count). The van der Waals surface area contributed by atoms with Crippen molar-refractivity contribution >= 4 is 40.5 Å². The maximum Gasteiger partial charge on any atom is 0.343 e. The van der Waals surface area contributed by atoms with Crippen molar-refractivity contribution in [1.29, 1.82) is 0 Å². The Kier molecular flexibility index (Phi) is 8.41. The molecule has 0 aliphatic heterocycles. The largest absolute Gasteiger partial charge is 0.508 e. The molecule has 0 atom stereocenters. The number of aromatic hydroxyl groups is 4. The molecule has 0 fully saturated rings. The van der Waals surface area contributed by atoms with Crippen LogP contribution in [0.25, 0.3) is 0 Å². The molecule has 0 heterocycles. The fourth-order valence-electron chi connectivity index (χ4n) is 3.40. The molecule has 0 unspecified atom stereocenters. The van der Waals surface area contributed by atoms with E-state index in [1.165, 1.54) is 0 Å². The van der Waals surface area contributed by atoms with E-state index in [0.29, 0.717) is 24.6 Å². The van der Waals surface area contributed by atoms with E-state index in [-0.39, 0.29) is 24.1 Å². The number of aryl methyl sites for hydroxylation is 1. The zero-order chi connectivity index (χ0) is 31.1. The number of hydrogen-bond acceptors (Lipinski definition) is 14. The second-order valence-corrected chi connectivity index (χ2v) is 13.9. The Morgan fingerprint density at radius 3 is 1.68 bits per heavy atom. The van der Waals surface area contributed by atoms with Gasteiger partial charge in [-0.15, -0.1) is 0 Å². The maximum atomic E-state index is 13.1. The van der Waals surface area contributed by atoms with Gasteiger partial charge in [-0.1, -0.05) is 13.3 Å². The Hall–Kier alpha value is -3.82. The highest BCUT2D eigenvalue weighted by Gasteiger charge is 2.32. The van der Waals surface area contributed by atoms with E-state index in [1.807, 2.05) is 0 Å². The van der Waals surface area contributed by atoms with Gasteiger partial charge < -0.3 is 28.8 Å². The summed E-state index contributed by atoms with van der Waals surface area (Å²) in [5, 5.41) is 39.6. The predicted octanol–water partition coefficient (Wildman–Crippen LogP) is 1.49. The molecule has 0 spiro atoms.